The van der Waals surface area contributed by atoms with Gasteiger partial charge in [-0.1, -0.05) is 0 Å². The Kier molecular flexibility index (Phi) is 52.1. The van der Waals surface area contributed by atoms with Crippen LogP contribution in [0.2, 0.25) is 0 Å². The van der Waals surface area contributed by atoms with Gasteiger partial charge in [0.1, 0.15) is 0 Å². The first-order valence-electron chi connectivity index (χ1n) is 0.651. The molecule has 0 bridgehead atoms. The molecule has 7 heavy (non-hydrogen) atoms. The third-order valence-corrected chi connectivity index (χ3v) is 0. The van der Waals surface area contributed by atoms with E-state index in [1.54, 1.807) is 0 Å². The maximum Gasteiger partial charge on any atom is 1.00 e. The van der Waals surface area contributed by atoms with Gasteiger partial charge in [-0.2, -0.15) is 0 Å². The summed E-state index contributed by atoms with van der Waals surface area (Å²) in [6, 6.07) is 0. The summed E-state index contributed by atoms with van der Waals surface area (Å²) in [5, 5.41) is 0. The predicted octanol–water partition coefficient (Wildman–Crippen LogP) is -7.38. The van der Waals surface area contributed by atoms with E-state index in [-0.39, 0.29) is 68.3 Å². The summed E-state index contributed by atoms with van der Waals surface area (Å²) in [4.78, 5) is 14.3. The van der Waals surface area contributed by atoms with E-state index in [4.69, 9.17) is 14.1 Å². The van der Waals surface area contributed by atoms with Crippen molar-refractivity contribution in [1.82, 2.24) is 0 Å². The second-order valence-electron chi connectivity index (χ2n) is 0.283. The van der Waals surface area contributed by atoms with Gasteiger partial charge in [-0.15, -0.1) is 0 Å². The van der Waals surface area contributed by atoms with Crippen molar-refractivity contribution < 1.29 is 82.4 Å². The summed E-state index contributed by atoms with van der Waals surface area (Å²) in [5.74, 6) is 0. The van der Waals surface area contributed by atoms with Crippen LogP contribution < -0.4 is 48.4 Å². The van der Waals surface area contributed by atoms with Crippen molar-refractivity contribution in [2.75, 3.05) is 0 Å². The zero-order chi connectivity index (χ0) is 3.58. The predicted molar refractivity (Wildman–Crippen MR) is 13.1 cm³/mol. The minimum atomic E-state index is -3.13. The molecule has 0 aliphatic rings. The SMILES string of the molecule is O=[Si](O)O.[Fe].[H-].[H-].[Li+].[Na+]. The van der Waals surface area contributed by atoms with E-state index in [1.807, 2.05) is 0 Å². The molecule has 3 nitrogen and oxygen atoms in total. The maximum atomic E-state index is 8.74. The van der Waals surface area contributed by atoms with E-state index in [9.17, 15) is 0 Å². The van der Waals surface area contributed by atoms with Gasteiger partial charge in [0, 0.05) is 17.1 Å². The molecule has 2 N–H and O–H groups in total. The minimum absolute atomic E-state index is 0. The Balaban J connectivity index is -0.00000000450. The minimum Gasteiger partial charge on any atom is -1.00 e. The van der Waals surface area contributed by atoms with Crippen molar-refractivity contribution in [3.63, 3.8) is 0 Å². The van der Waals surface area contributed by atoms with Crippen molar-refractivity contribution in [2.24, 2.45) is 0 Å². The van der Waals surface area contributed by atoms with Crippen LogP contribution in [0.1, 0.15) is 2.85 Å². The van der Waals surface area contributed by atoms with Gasteiger partial charge < -0.3 is 12.4 Å². The summed E-state index contributed by atoms with van der Waals surface area (Å²) in [6.07, 6.45) is 0. The van der Waals surface area contributed by atoms with Gasteiger partial charge in [-0.25, -0.2) is 0 Å². The molecule has 0 aromatic carbocycles. The third kappa shape index (κ3) is 84.6. The molecule has 0 aliphatic carbocycles. The largest absolute Gasteiger partial charge is 1.00 e. The van der Waals surface area contributed by atoms with E-state index >= 15 is 0 Å². The Morgan fingerprint density at radius 2 is 1.43 bits per heavy atom. The molecule has 0 atom stereocenters. The second-order valence-corrected chi connectivity index (χ2v) is 0.848. The van der Waals surface area contributed by atoms with Gasteiger partial charge >= 0.3 is 57.6 Å². The van der Waals surface area contributed by atoms with Crippen LogP contribution in [0, 0.1) is 0 Å². The zero-order valence-electron chi connectivity index (χ0n) is 6.16. The Hall–Kier alpha value is 1.73. The quantitative estimate of drug-likeness (QED) is 0.351. The molecule has 0 unspecified atom stereocenters. The molecule has 36 valence electrons. The summed E-state index contributed by atoms with van der Waals surface area (Å²) < 4.78 is 8.74. The molecule has 0 saturated heterocycles. The summed E-state index contributed by atoms with van der Waals surface area (Å²) in [5.41, 5.74) is 0. The first kappa shape index (κ1) is 23.3. The summed E-state index contributed by atoms with van der Waals surface area (Å²) in [7, 11) is -3.13. The normalized spacial score (nSPS) is 3.43. The number of hydrogen-bond donors (Lipinski definition) is 2. The van der Waals surface area contributed by atoms with Crippen molar-refractivity contribution in [2.45, 2.75) is 0 Å². The third-order valence-electron chi connectivity index (χ3n) is 0. The number of rotatable bonds is 0. The van der Waals surface area contributed by atoms with E-state index in [1.165, 1.54) is 0 Å². The van der Waals surface area contributed by atoms with Crippen LogP contribution in [0.15, 0.2) is 0 Å². The average Bonchev–Trinajstić information content (AvgIpc) is 0.811. The van der Waals surface area contributed by atoms with Gasteiger partial charge in [-0.3, -0.25) is 4.46 Å². The van der Waals surface area contributed by atoms with Crippen molar-refractivity contribution in [3.05, 3.63) is 0 Å². The van der Waals surface area contributed by atoms with E-state index in [0.717, 1.165) is 0 Å². The van der Waals surface area contributed by atoms with Crippen LogP contribution in [-0.2, 0) is 21.5 Å². The fraction of sp³-hybridized carbons (Fsp3) is 0. The molecule has 0 radical (unpaired) electrons. The van der Waals surface area contributed by atoms with Gasteiger partial charge in [0.2, 0.25) is 0 Å². The second kappa shape index (κ2) is 15.6. The van der Waals surface area contributed by atoms with Crippen LogP contribution in [0.3, 0.4) is 0 Å². The van der Waals surface area contributed by atoms with Gasteiger partial charge in [0.05, 0.1) is 0 Å². The fourth-order valence-electron chi connectivity index (χ4n) is 0. The molecule has 0 saturated carbocycles. The molecule has 0 rings (SSSR count). The topological polar surface area (TPSA) is 57.5 Å². The smallest absolute Gasteiger partial charge is 1.00 e. The van der Waals surface area contributed by atoms with Crippen LogP contribution in [0.25, 0.3) is 0 Å². The molecular formula is H4FeLiNaO3Si. The van der Waals surface area contributed by atoms with Gasteiger partial charge in [0.25, 0.3) is 0 Å². The molecule has 0 amide bonds. The Morgan fingerprint density at radius 3 is 1.43 bits per heavy atom. The molecular weight excluding hydrogens is 162 g/mol. The molecule has 0 aromatic rings. The molecule has 0 aliphatic heterocycles. The molecule has 0 heterocycles. The van der Waals surface area contributed by atoms with E-state index < -0.39 is 9.17 Å². The fourth-order valence-corrected chi connectivity index (χ4v) is 0. The zero-order valence-corrected chi connectivity index (χ0v) is 8.26. The summed E-state index contributed by atoms with van der Waals surface area (Å²) in [6.45, 7) is 0. The monoisotopic (exact) mass is 166 g/mol. The first-order valence-corrected chi connectivity index (χ1v) is 1.95. The standard InChI is InChI=1S/Fe.Li.Na.H2O3Si.2H/c;;;1-4(2)3;;/h;;;1-2H;;/q;2*+1;;2*-1. The van der Waals surface area contributed by atoms with Crippen molar-refractivity contribution in [3.8, 4) is 0 Å². The van der Waals surface area contributed by atoms with Crippen LogP contribution in [0.4, 0.5) is 0 Å². The Morgan fingerprint density at radius 1 is 1.43 bits per heavy atom. The average molecular weight is 166 g/mol. The van der Waals surface area contributed by atoms with Crippen LogP contribution in [0.5, 0.6) is 0 Å². The maximum absolute atomic E-state index is 8.74. The summed E-state index contributed by atoms with van der Waals surface area (Å²) >= 11 is 0. The van der Waals surface area contributed by atoms with E-state index in [0.29, 0.717) is 0 Å². The molecule has 0 spiro atoms. The van der Waals surface area contributed by atoms with Gasteiger partial charge in [-0.05, 0) is 0 Å². The molecule has 0 fully saturated rings. The van der Waals surface area contributed by atoms with Gasteiger partial charge in [0.15, 0.2) is 0 Å². The van der Waals surface area contributed by atoms with Crippen molar-refractivity contribution >= 4 is 9.17 Å². The van der Waals surface area contributed by atoms with E-state index in [2.05, 4.69) is 0 Å². The number of hydrogen-bond acceptors (Lipinski definition) is 1. The Bertz CT molecular complexity index is 44.8. The Labute approximate surface area is 90.7 Å². The molecule has 0 aromatic heterocycles. The van der Waals surface area contributed by atoms with Crippen LogP contribution in [-0.4, -0.2) is 18.8 Å². The first-order chi connectivity index (χ1) is 1.73. The molecule has 7 heteroatoms. The van der Waals surface area contributed by atoms with Crippen LogP contribution >= 0.6 is 0 Å². The van der Waals surface area contributed by atoms with Crippen molar-refractivity contribution in [1.29, 1.82) is 0 Å².